The molecule has 0 spiro atoms. The predicted molar refractivity (Wildman–Crippen MR) is 48.3 cm³/mol. The van der Waals surface area contributed by atoms with E-state index in [1.165, 1.54) is 7.11 Å². The molecule has 0 aromatic heterocycles. The zero-order chi connectivity index (χ0) is 10.0. The normalized spacial score (nSPS) is 12.7. The van der Waals surface area contributed by atoms with Crippen molar-refractivity contribution in [3.8, 4) is 5.75 Å². The van der Waals surface area contributed by atoms with E-state index in [1.54, 1.807) is 26.0 Å². The topological polar surface area (TPSA) is 29.5 Å². The quantitative estimate of drug-likeness (QED) is 0.763. The molecule has 0 fully saturated rings. The van der Waals surface area contributed by atoms with Crippen molar-refractivity contribution in [1.82, 2.24) is 0 Å². The summed E-state index contributed by atoms with van der Waals surface area (Å²) in [6, 6.07) is 3.29. The van der Waals surface area contributed by atoms with E-state index in [-0.39, 0.29) is 5.75 Å². The molecular formula is C10H13FO2. The van der Waals surface area contributed by atoms with Crippen molar-refractivity contribution < 1.29 is 14.2 Å². The van der Waals surface area contributed by atoms with Crippen LogP contribution in [-0.2, 0) is 0 Å². The van der Waals surface area contributed by atoms with Crippen molar-refractivity contribution in [3.05, 3.63) is 29.1 Å². The number of halogens is 1. The van der Waals surface area contributed by atoms with Gasteiger partial charge in [0.15, 0.2) is 11.6 Å². The largest absolute Gasteiger partial charge is 0.493 e. The highest BCUT2D eigenvalue weighted by atomic mass is 19.1. The lowest BCUT2D eigenvalue weighted by Crippen LogP contribution is -2.00. The maximum atomic E-state index is 13.4. The van der Waals surface area contributed by atoms with Crippen molar-refractivity contribution in [2.24, 2.45) is 0 Å². The highest BCUT2D eigenvalue weighted by Crippen LogP contribution is 2.29. The van der Waals surface area contributed by atoms with Crippen molar-refractivity contribution in [2.75, 3.05) is 7.11 Å². The molecule has 1 N–H and O–H groups in total. The zero-order valence-electron chi connectivity index (χ0n) is 7.97. The van der Waals surface area contributed by atoms with E-state index >= 15 is 0 Å². The van der Waals surface area contributed by atoms with Gasteiger partial charge in [0, 0.05) is 5.56 Å². The second kappa shape index (κ2) is 3.75. The van der Waals surface area contributed by atoms with Gasteiger partial charge in [0.25, 0.3) is 0 Å². The second-order valence-corrected chi connectivity index (χ2v) is 2.99. The average molecular weight is 184 g/mol. The van der Waals surface area contributed by atoms with Gasteiger partial charge in [0.05, 0.1) is 13.2 Å². The molecule has 13 heavy (non-hydrogen) atoms. The van der Waals surface area contributed by atoms with Crippen LogP contribution in [0.5, 0.6) is 5.75 Å². The molecule has 0 radical (unpaired) electrons. The van der Waals surface area contributed by atoms with E-state index in [0.29, 0.717) is 11.1 Å². The first kappa shape index (κ1) is 9.99. The van der Waals surface area contributed by atoms with Crippen LogP contribution < -0.4 is 4.74 Å². The van der Waals surface area contributed by atoms with Crippen molar-refractivity contribution in [2.45, 2.75) is 20.0 Å². The third-order valence-corrected chi connectivity index (χ3v) is 1.97. The smallest absolute Gasteiger partial charge is 0.168 e. The Bertz CT molecular complexity index is 308. The van der Waals surface area contributed by atoms with Gasteiger partial charge in [0.2, 0.25) is 0 Å². The van der Waals surface area contributed by atoms with E-state index in [4.69, 9.17) is 4.74 Å². The minimum atomic E-state index is -0.718. The van der Waals surface area contributed by atoms with Crippen LogP contribution in [0.15, 0.2) is 12.1 Å². The third-order valence-electron chi connectivity index (χ3n) is 1.97. The maximum Gasteiger partial charge on any atom is 0.168 e. The molecule has 1 aromatic rings. The van der Waals surface area contributed by atoms with Gasteiger partial charge in [-0.25, -0.2) is 4.39 Å². The number of ether oxygens (including phenoxy) is 1. The number of methoxy groups -OCH3 is 1. The van der Waals surface area contributed by atoms with Gasteiger partial charge >= 0.3 is 0 Å². The molecule has 2 nitrogen and oxygen atoms in total. The van der Waals surface area contributed by atoms with Gasteiger partial charge in [-0.3, -0.25) is 0 Å². The summed E-state index contributed by atoms with van der Waals surface area (Å²) in [6.07, 6.45) is -0.718. The molecular weight excluding hydrogens is 171 g/mol. The molecule has 0 amide bonds. The minimum Gasteiger partial charge on any atom is -0.493 e. The van der Waals surface area contributed by atoms with Crippen LogP contribution in [0, 0.1) is 12.7 Å². The van der Waals surface area contributed by atoms with Crippen LogP contribution in [-0.4, -0.2) is 12.2 Å². The number of aryl methyl sites for hydroxylation is 1. The van der Waals surface area contributed by atoms with Gasteiger partial charge in [-0.2, -0.15) is 0 Å². The first-order valence-electron chi connectivity index (χ1n) is 4.09. The molecule has 1 rings (SSSR count). The van der Waals surface area contributed by atoms with E-state index in [1.807, 2.05) is 0 Å². The van der Waals surface area contributed by atoms with Crippen LogP contribution in [0.3, 0.4) is 0 Å². The molecule has 0 saturated heterocycles. The summed E-state index contributed by atoms with van der Waals surface area (Å²) in [5.41, 5.74) is 0.992. The summed E-state index contributed by atoms with van der Waals surface area (Å²) in [7, 11) is 1.39. The van der Waals surface area contributed by atoms with Gasteiger partial charge in [-0.15, -0.1) is 0 Å². The maximum absolute atomic E-state index is 13.4. The van der Waals surface area contributed by atoms with Crippen LogP contribution in [0.2, 0.25) is 0 Å². The van der Waals surface area contributed by atoms with Gasteiger partial charge in [-0.1, -0.05) is 12.1 Å². The first-order valence-corrected chi connectivity index (χ1v) is 4.09. The fourth-order valence-corrected chi connectivity index (χ4v) is 1.21. The Morgan fingerprint density at radius 3 is 2.54 bits per heavy atom. The Balaban J connectivity index is 3.30. The highest BCUT2D eigenvalue weighted by Gasteiger charge is 2.14. The van der Waals surface area contributed by atoms with E-state index < -0.39 is 11.9 Å². The summed E-state index contributed by atoms with van der Waals surface area (Å²) in [6.45, 7) is 3.23. The lowest BCUT2D eigenvalue weighted by atomic mass is 10.1. The fourth-order valence-electron chi connectivity index (χ4n) is 1.21. The van der Waals surface area contributed by atoms with E-state index in [9.17, 15) is 9.50 Å². The molecule has 3 heteroatoms. The Labute approximate surface area is 77.0 Å². The standard InChI is InChI=1S/C10H13FO2/c1-6-4-5-8(7(2)12)10(13-3)9(6)11/h4-5,7,12H,1-3H3. The predicted octanol–water partition coefficient (Wildman–Crippen LogP) is 2.20. The van der Waals surface area contributed by atoms with Crippen molar-refractivity contribution >= 4 is 0 Å². The highest BCUT2D eigenvalue weighted by molar-refractivity contribution is 5.40. The molecule has 0 saturated carbocycles. The molecule has 1 unspecified atom stereocenters. The number of benzene rings is 1. The fraction of sp³-hybridized carbons (Fsp3) is 0.400. The lowest BCUT2D eigenvalue weighted by molar-refractivity contribution is 0.193. The second-order valence-electron chi connectivity index (χ2n) is 2.99. The SMILES string of the molecule is COc1c(C(C)O)ccc(C)c1F. The van der Waals surface area contributed by atoms with Crippen LogP contribution in [0.25, 0.3) is 0 Å². The Morgan fingerprint density at radius 1 is 1.46 bits per heavy atom. The number of aliphatic hydroxyl groups is 1. The molecule has 0 aliphatic rings. The Hall–Kier alpha value is -1.09. The monoisotopic (exact) mass is 184 g/mol. The molecule has 1 atom stereocenters. The van der Waals surface area contributed by atoms with E-state index in [0.717, 1.165) is 0 Å². The number of rotatable bonds is 2. The van der Waals surface area contributed by atoms with Gasteiger partial charge < -0.3 is 9.84 Å². The van der Waals surface area contributed by atoms with Crippen LogP contribution >= 0.6 is 0 Å². The molecule has 0 bridgehead atoms. The molecule has 0 aliphatic carbocycles. The first-order chi connectivity index (χ1) is 6.07. The minimum absolute atomic E-state index is 0.134. The number of hydrogen-bond donors (Lipinski definition) is 1. The lowest BCUT2D eigenvalue weighted by Gasteiger charge is -2.12. The summed E-state index contributed by atoms with van der Waals surface area (Å²) < 4.78 is 18.3. The molecule has 1 aromatic carbocycles. The zero-order valence-corrected chi connectivity index (χ0v) is 7.97. The summed E-state index contributed by atoms with van der Waals surface area (Å²) in [5.74, 6) is -0.268. The Morgan fingerprint density at radius 2 is 2.08 bits per heavy atom. The average Bonchev–Trinajstić information content (AvgIpc) is 2.09. The van der Waals surface area contributed by atoms with Crippen molar-refractivity contribution in [1.29, 1.82) is 0 Å². The van der Waals surface area contributed by atoms with Gasteiger partial charge in [0.1, 0.15) is 0 Å². The van der Waals surface area contributed by atoms with Gasteiger partial charge in [-0.05, 0) is 19.4 Å². The molecule has 72 valence electrons. The number of hydrogen-bond acceptors (Lipinski definition) is 2. The summed E-state index contributed by atoms with van der Waals surface area (Å²) >= 11 is 0. The molecule has 0 aliphatic heterocycles. The summed E-state index contributed by atoms with van der Waals surface area (Å²) in [4.78, 5) is 0. The number of aliphatic hydroxyl groups excluding tert-OH is 1. The van der Waals surface area contributed by atoms with E-state index in [2.05, 4.69) is 0 Å². The van der Waals surface area contributed by atoms with Crippen molar-refractivity contribution in [3.63, 3.8) is 0 Å². The molecule has 0 heterocycles. The summed E-state index contributed by atoms with van der Waals surface area (Å²) in [5, 5.41) is 9.30. The van der Waals surface area contributed by atoms with Crippen LogP contribution in [0.1, 0.15) is 24.2 Å². The third kappa shape index (κ3) is 1.80. The Kier molecular flexibility index (Phi) is 2.88. The van der Waals surface area contributed by atoms with Crippen LogP contribution in [0.4, 0.5) is 4.39 Å².